The van der Waals surface area contributed by atoms with Crippen molar-refractivity contribution in [3.63, 3.8) is 0 Å². The van der Waals surface area contributed by atoms with E-state index >= 15 is 0 Å². The number of carboxylic acid groups (broad SMARTS) is 1. The molecule has 6 nitrogen and oxygen atoms in total. The highest BCUT2D eigenvalue weighted by atomic mass is 16.6. The van der Waals surface area contributed by atoms with E-state index in [0.717, 1.165) is 0 Å². The molecule has 2 aromatic carbocycles. The molecule has 0 unspecified atom stereocenters. The van der Waals surface area contributed by atoms with Gasteiger partial charge in [0.25, 0.3) is 5.69 Å². The molecular weight excluding hydrogens is 262 g/mol. The molecular formula is C14H11NO5. The Morgan fingerprint density at radius 2 is 1.90 bits per heavy atom. The first-order valence-corrected chi connectivity index (χ1v) is 5.76. The van der Waals surface area contributed by atoms with Crippen LogP contribution >= 0.6 is 0 Å². The van der Waals surface area contributed by atoms with Gasteiger partial charge in [-0.2, -0.15) is 0 Å². The monoisotopic (exact) mass is 273 g/mol. The molecule has 20 heavy (non-hydrogen) atoms. The quantitative estimate of drug-likeness (QED) is 0.668. The van der Waals surface area contributed by atoms with E-state index in [0.29, 0.717) is 11.3 Å². The summed E-state index contributed by atoms with van der Waals surface area (Å²) < 4.78 is 5.45. The van der Waals surface area contributed by atoms with Crippen molar-refractivity contribution in [2.24, 2.45) is 0 Å². The molecule has 0 aliphatic heterocycles. The van der Waals surface area contributed by atoms with Gasteiger partial charge < -0.3 is 9.84 Å². The summed E-state index contributed by atoms with van der Waals surface area (Å²) in [6.45, 7) is 0.175. The number of nitro groups is 1. The molecule has 0 spiro atoms. The van der Waals surface area contributed by atoms with Gasteiger partial charge in [-0.05, 0) is 29.8 Å². The highest BCUT2D eigenvalue weighted by Gasteiger charge is 2.06. The molecule has 6 heteroatoms. The predicted molar refractivity (Wildman–Crippen MR) is 70.8 cm³/mol. The lowest BCUT2D eigenvalue weighted by molar-refractivity contribution is -0.384. The standard InChI is InChI=1S/C14H11NO5/c16-14(17)11-4-6-13(7-5-11)20-9-10-2-1-3-12(8-10)15(18)19/h1-8H,9H2,(H,16,17). The van der Waals surface area contributed by atoms with Crippen molar-refractivity contribution in [3.8, 4) is 5.75 Å². The van der Waals surface area contributed by atoms with Crippen LogP contribution in [0.5, 0.6) is 5.75 Å². The van der Waals surface area contributed by atoms with Gasteiger partial charge >= 0.3 is 5.97 Å². The fourth-order valence-electron chi connectivity index (χ4n) is 1.62. The molecule has 0 saturated carbocycles. The number of carbonyl (C=O) groups is 1. The lowest BCUT2D eigenvalue weighted by atomic mass is 10.2. The van der Waals surface area contributed by atoms with Crippen LogP contribution in [0.4, 0.5) is 5.69 Å². The van der Waals surface area contributed by atoms with Crippen LogP contribution in [0.1, 0.15) is 15.9 Å². The summed E-state index contributed by atoms with van der Waals surface area (Å²) in [6.07, 6.45) is 0. The maximum atomic E-state index is 10.7. The number of non-ortho nitro benzene ring substituents is 1. The minimum absolute atomic E-state index is 0.00678. The van der Waals surface area contributed by atoms with Crippen LogP contribution in [0.25, 0.3) is 0 Å². The molecule has 0 fully saturated rings. The first kappa shape index (κ1) is 13.5. The van der Waals surface area contributed by atoms with Crippen molar-refractivity contribution < 1.29 is 19.6 Å². The third-order valence-electron chi connectivity index (χ3n) is 2.63. The van der Waals surface area contributed by atoms with Gasteiger partial charge in [0.15, 0.2) is 0 Å². The Morgan fingerprint density at radius 3 is 2.50 bits per heavy atom. The van der Waals surface area contributed by atoms with E-state index in [2.05, 4.69) is 0 Å². The normalized spacial score (nSPS) is 10.0. The largest absolute Gasteiger partial charge is 0.489 e. The number of carboxylic acids is 1. The molecule has 2 rings (SSSR count). The molecule has 0 saturated heterocycles. The number of hydrogen-bond donors (Lipinski definition) is 1. The second-order valence-electron chi connectivity index (χ2n) is 4.05. The van der Waals surface area contributed by atoms with E-state index in [1.807, 2.05) is 0 Å². The fourth-order valence-corrected chi connectivity index (χ4v) is 1.62. The number of nitro benzene ring substituents is 1. The Hall–Kier alpha value is -2.89. The number of aromatic carboxylic acids is 1. The SMILES string of the molecule is O=C(O)c1ccc(OCc2cccc([N+](=O)[O-])c2)cc1. The van der Waals surface area contributed by atoms with Crippen LogP contribution in [0.3, 0.4) is 0 Å². The Kier molecular flexibility index (Phi) is 3.95. The van der Waals surface area contributed by atoms with Crippen LogP contribution in [-0.2, 0) is 6.61 Å². The number of rotatable bonds is 5. The molecule has 0 heterocycles. The summed E-state index contributed by atoms with van der Waals surface area (Å²) >= 11 is 0. The molecule has 1 N–H and O–H groups in total. The first-order chi connectivity index (χ1) is 9.56. The van der Waals surface area contributed by atoms with Crippen molar-refractivity contribution >= 4 is 11.7 Å². The third-order valence-corrected chi connectivity index (χ3v) is 2.63. The van der Waals surface area contributed by atoms with Crippen molar-refractivity contribution in [1.82, 2.24) is 0 Å². The lowest BCUT2D eigenvalue weighted by Crippen LogP contribution is -1.98. The predicted octanol–water partition coefficient (Wildman–Crippen LogP) is 2.87. The average molecular weight is 273 g/mol. The van der Waals surface area contributed by atoms with Crippen molar-refractivity contribution in [2.75, 3.05) is 0 Å². The van der Waals surface area contributed by atoms with Gasteiger partial charge in [0.1, 0.15) is 12.4 Å². The number of hydrogen-bond acceptors (Lipinski definition) is 4. The van der Waals surface area contributed by atoms with Crippen LogP contribution < -0.4 is 4.74 Å². The molecule has 102 valence electrons. The van der Waals surface area contributed by atoms with Gasteiger partial charge in [0.2, 0.25) is 0 Å². The Bertz CT molecular complexity index is 636. The summed E-state index contributed by atoms with van der Waals surface area (Å²) in [5.41, 5.74) is 0.849. The molecule has 0 radical (unpaired) electrons. The van der Waals surface area contributed by atoms with Crippen LogP contribution in [0, 0.1) is 10.1 Å². The lowest BCUT2D eigenvalue weighted by Gasteiger charge is -2.06. The summed E-state index contributed by atoms with van der Waals surface area (Å²) in [4.78, 5) is 20.9. The highest BCUT2D eigenvalue weighted by Crippen LogP contribution is 2.17. The summed E-state index contributed by atoms with van der Waals surface area (Å²) in [6, 6.07) is 12.1. The summed E-state index contributed by atoms with van der Waals surface area (Å²) in [7, 11) is 0. The van der Waals surface area contributed by atoms with Gasteiger partial charge in [0.05, 0.1) is 10.5 Å². The molecule has 0 aromatic heterocycles. The van der Waals surface area contributed by atoms with E-state index in [1.165, 1.54) is 24.3 Å². The Morgan fingerprint density at radius 1 is 1.20 bits per heavy atom. The second kappa shape index (κ2) is 5.83. The molecule has 0 aliphatic rings. The van der Waals surface area contributed by atoms with E-state index < -0.39 is 10.9 Å². The van der Waals surface area contributed by atoms with Crippen molar-refractivity contribution in [2.45, 2.75) is 6.61 Å². The summed E-state index contributed by atoms with van der Waals surface area (Å²) in [5, 5.41) is 19.4. The van der Waals surface area contributed by atoms with E-state index in [1.54, 1.807) is 24.3 Å². The smallest absolute Gasteiger partial charge is 0.335 e. The van der Waals surface area contributed by atoms with Crippen LogP contribution in [0.2, 0.25) is 0 Å². The maximum Gasteiger partial charge on any atom is 0.335 e. The fraction of sp³-hybridized carbons (Fsp3) is 0.0714. The van der Waals surface area contributed by atoms with Crippen LogP contribution in [0.15, 0.2) is 48.5 Å². The summed E-state index contributed by atoms with van der Waals surface area (Å²) in [5.74, 6) is -0.503. The van der Waals surface area contributed by atoms with Gasteiger partial charge in [0, 0.05) is 12.1 Å². The topological polar surface area (TPSA) is 89.7 Å². The Labute approximate surface area is 114 Å². The molecule has 0 bridgehead atoms. The van der Waals surface area contributed by atoms with Gasteiger partial charge in [-0.1, -0.05) is 12.1 Å². The number of nitrogens with zero attached hydrogens (tertiary/aromatic N) is 1. The zero-order valence-corrected chi connectivity index (χ0v) is 10.4. The highest BCUT2D eigenvalue weighted by molar-refractivity contribution is 5.87. The first-order valence-electron chi connectivity index (χ1n) is 5.76. The second-order valence-corrected chi connectivity index (χ2v) is 4.05. The molecule has 2 aromatic rings. The zero-order valence-electron chi connectivity index (χ0n) is 10.4. The number of ether oxygens (including phenoxy) is 1. The van der Waals surface area contributed by atoms with Gasteiger partial charge in [-0.15, -0.1) is 0 Å². The van der Waals surface area contributed by atoms with E-state index in [4.69, 9.17) is 9.84 Å². The molecule has 0 amide bonds. The maximum absolute atomic E-state index is 10.7. The molecule has 0 aliphatic carbocycles. The van der Waals surface area contributed by atoms with Crippen molar-refractivity contribution in [3.05, 3.63) is 69.8 Å². The zero-order chi connectivity index (χ0) is 14.5. The van der Waals surface area contributed by atoms with E-state index in [-0.39, 0.29) is 17.9 Å². The van der Waals surface area contributed by atoms with Crippen molar-refractivity contribution in [1.29, 1.82) is 0 Å². The van der Waals surface area contributed by atoms with Gasteiger partial charge in [-0.3, -0.25) is 10.1 Å². The minimum atomic E-state index is -1.00. The molecule has 0 atom stereocenters. The third kappa shape index (κ3) is 3.32. The average Bonchev–Trinajstić information content (AvgIpc) is 2.46. The minimum Gasteiger partial charge on any atom is -0.489 e. The Balaban J connectivity index is 2.03. The number of benzene rings is 2. The van der Waals surface area contributed by atoms with Crippen LogP contribution in [-0.4, -0.2) is 16.0 Å². The van der Waals surface area contributed by atoms with E-state index in [9.17, 15) is 14.9 Å². The van der Waals surface area contributed by atoms with Gasteiger partial charge in [-0.25, -0.2) is 4.79 Å².